The zero-order valence-corrected chi connectivity index (χ0v) is 10.6. The van der Waals surface area contributed by atoms with Crippen molar-refractivity contribution in [1.29, 1.82) is 0 Å². The summed E-state index contributed by atoms with van der Waals surface area (Å²) in [4.78, 5) is 13.8. The lowest BCUT2D eigenvalue weighted by Crippen LogP contribution is -2.12. The minimum Gasteiger partial charge on any atom is -0.397 e. The lowest BCUT2D eigenvalue weighted by molar-refractivity contribution is 0.103. The number of thiophene rings is 1. The maximum absolute atomic E-state index is 12.0. The zero-order chi connectivity index (χ0) is 12.4. The third-order valence-corrected chi connectivity index (χ3v) is 3.51. The van der Waals surface area contributed by atoms with Crippen molar-refractivity contribution in [2.75, 3.05) is 11.1 Å². The average molecular weight is 246 g/mol. The molecule has 1 heterocycles. The Morgan fingerprint density at radius 3 is 2.59 bits per heavy atom. The van der Waals surface area contributed by atoms with Crippen LogP contribution in [0.3, 0.4) is 0 Å². The lowest BCUT2D eigenvalue weighted by atomic mass is 10.1. The monoisotopic (exact) mass is 246 g/mol. The molecule has 0 aliphatic carbocycles. The van der Waals surface area contributed by atoms with E-state index in [1.165, 1.54) is 11.3 Å². The smallest absolute Gasteiger partial charge is 0.265 e. The Balaban J connectivity index is 2.24. The van der Waals surface area contributed by atoms with E-state index in [4.69, 9.17) is 5.73 Å². The fourth-order valence-electron chi connectivity index (χ4n) is 1.59. The molecular formula is C13H14N2OS. The minimum atomic E-state index is -0.107. The maximum Gasteiger partial charge on any atom is 0.265 e. The van der Waals surface area contributed by atoms with Crippen LogP contribution < -0.4 is 11.1 Å². The van der Waals surface area contributed by atoms with Crippen LogP contribution >= 0.6 is 11.3 Å². The fourth-order valence-corrected chi connectivity index (χ4v) is 2.36. The van der Waals surface area contributed by atoms with Gasteiger partial charge in [0.1, 0.15) is 0 Å². The van der Waals surface area contributed by atoms with Gasteiger partial charge in [0.05, 0.1) is 16.3 Å². The Bertz CT molecular complexity index is 540. The number of amides is 1. The van der Waals surface area contributed by atoms with Crippen LogP contribution in [0, 0.1) is 13.8 Å². The van der Waals surface area contributed by atoms with Crippen LogP contribution in [-0.2, 0) is 0 Å². The van der Waals surface area contributed by atoms with Crippen molar-refractivity contribution in [1.82, 2.24) is 0 Å². The van der Waals surface area contributed by atoms with Crippen LogP contribution in [0.25, 0.3) is 0 Å². The van der Waals surface area contributed by atoms with Crippen LogP contribution in [0.2, 0.25) is 0 Å². The standard InChI is InChI=1S/C13H14N2OS/c1-8-4-3-5-10(14)12(8)15-13(16)11-7-6-9(2)17-11/h3-7H,14H2,1-2H3,(H,15,16). The molecule has 3 nitrogen and oxygen atoms in total. The zero-order valence-electron chi connectivity index (χ0n) is 9.78. The van der Waals surface area contributed by atoms with Gasteiger partial charge in [-0.05, 0) is 37.6 Å². The molecule has 2 aromatic rings. The molecule has 0 aliphatic rings. The van der Waals surface area contributed by atoms with E-state index >= 15 is 0 Å². The number of hydrogen-bond donors (Lipinski definition) is 2. The molecule has 0 saturated carbocycles. The molecular weight excluding hydrogens is 232 g/mol. The van der Waals surface area contributed by atoms with E-state index in [1.54, 1.807) is 6.07 Å². The van der Waals surface area contributed by atoms with Gasteiger partial charge in [-0.3, -0.25) is 4.79 Å². The molecule has 0 saturated heterocycles. The number of benzene rings is 1. The first-order valence-electron chi connectivity index (χ1n) is 5.31. The van der Waals surface area contributed by atoms with Crippen molar-refractivity contribution in [3.05, 3.63) is 45.6 Å². The van der Waals surface area contributed by atoms with Gasteiger partial charge < -0.3 is 11.1 Å². The molecule has 0 bridgehead atoms. The summed E-state index contributed by atoms with van der Waals surface area (Å²) in [6, 6.07) is 9.33. The Morgan fingerprint density at radius 2 is 2.00 bits per heavy atom. The largest absolute Gasteiger partial charge is 0.397 e. The molecule has 0 unspecified atom stereocenters. The summed E-state index contributed by atoms with van der Waals surface area (Å²) in [5, 5.41) is 2.85. The van der Waals surface area contributed by atoms with Crippen LogP contribution in [-0.4, -0.2) is 5.91 Å². The minimum absolute atomic E-state index is 0.107. The third-order valence-electron chi connectivity index (χ3n) is 2.51. The number of hydrogen-bond acceptors (Lipinski definition) is 3. The van der Waals surface area contributed by atoms with Gasteiger partial charge in [-0.2, -0.15) is 0 Å². The Kier molecular flexibility index (Phi) is 3.15. The van der Waals surface area contributed by atoms with E-state index in [0.717, 1.165) is 10.4 Å². The maximum atomic E-state index is 12.0. The Morgan fingerprint density at radius 1 is 1.24 bits per heavy atom. The molecule has 2 rings (SSSR count). The van der Waals surface area contributed by atoms with Crippen molar-refractivity contribution in [3.8, 4) is 0 Å². The number of rotatable bonds is 2. The van der Waals surface area contributed by atoms with Crippen molar-refractivity contribution in [2.24, 2.45) is 0 Å². The van der Waals surface area contributed by atoms with Gasteiger partial charge in [-0.25, -0.2) is 0 Å². The molecule has 0 spiro atoms. The summed E-state index contributed by atoms with van der Waals surface area (Å²) in [5.41, 5.74) is 8.09. The summed E-state index contributed by atoms with van der Waals surface area (Å²) in [5.74, 6) is -0.107. The number of carbonyl (C=O) groups excluding carboxylic acids is 1. The highest BCUT2D eigenvalue weighted by atomic mass is 32.1. The molecule has 1 aromatic carbocycles. The average Bonchev–Trinajstić information content (AvgIpc) is 2.70. The normalized spacial score (nSPS) is 10.2. The van der Waals surface area contributed by atoms with E-state index in [2.05, 4.69) is 5.32 Å². The second kappa shape index (κ2) is 4.59. The summed E-state index contributed by atoms with van der Waals surface area (Å²) in [6.07, 6.45) is 0. The van der Waals surface area contributed by atoms with Gasteiger partial charge in [-0.1, -0.05) is 12.1 Å². The van der Waals surface area contributed by atoms with Gasteiger partial charge in [-0.15, -0.1) is 11.3 Å². The molecule has 88 valence electrons. The molecule has 4 heteroatoms. The highest BCUT2D eigenvalue weighted by molar-refractivity contribution is 7.14. The summed E-state index contributed by atoms with van der Waals surface area (Å²) in [7, 11) is 0. The summed E-state index contributed by atoms with van der Waals surface area (Å²) in [6.45, 7) is 3.90. The molecule has 1 aromatic heterocycles. The number of aryl methyl sites for hydroxylation is 2. The van der Waals surface area contributed by atoms with Crippen LogP contribution in [0.1, 0.15) is 20.1 Å². The molecule has 0 aliphatic heterocycles. The van der Waals surface area contributed by atoms with E-state index in [1.807, 2.05) is 38.1 Å². The Labute approximate surface area is 104 Å². The second-order valence-corrected chi connectivity index (χ2v) is 5.19. The predicted octanol–water partition coefficient (Wildman–Crippen LogP) is 3.20. The van der Waals surface area contributed by atoms with Gasteiger partial charge in [0.25, 0.3) is 5.91 Å². The molecule has 0 radical (unpaired) electrons. The first-order valence-corrected chi connectivity index (χ1v) is 6.12. The lowest BCUT2D eigenvalue weighted by Gasteiger charge is -2.10. The van der Waals surface area contributed by atoms with E-state index in [9.17, 15) is 4.79 Å². The van der Waals surface area contributed by atoms with E-state index in [0.29, 0.717) is 16.3 Å². The molecule has 3 N–H and O–H groups in total. The number of nitrogens with one attached hydrogen (secondary N) is 1. The number of para-hydroxylation sites is 1. The van der Waals surface area contributed by atoms with Gasteiger partial charge in [0.2, 0.25) is 0 Å². The van der Waals surface area contributed by atoms with Crippen molar-refractivity contribution >= 4 is 28.6 Å². The quantitative estimate of drug-likeness (QED) is 0.799. The molecule has 1 amide bonds. The number of carbonyl (C=O) groups is 1. The van der Waals surface area contributed by atoms with Crippen LogP contribution in [0.15, 0.2) is 30.3 Å². The highest BCUT2D eigenvalue weighted by Gasteiger charge is 2.11. The Hall–Kier alpha value is -1.81. The first kappa shape index (κ1) is 11.7. The number of nitrogens with two attached hydrogens (primary N) is 1. The number of nitrogen functional groups attached to an aromatic ring is 1. The summed E-state index contributed by atoms with van der Waals surface area (Å²) < 4.78 is 0. The van der Waals surface area contributed by atoms with E-state index < -0.39 is 0 Å². The predicted molar refractivity (Wildman–Crippen MR) is 72.6 cm³/mol. The van der Waals surface area contributed by atoms with Gasteiger partial charge in [0.15, 0.2) is 0 Å². The number of anilines is 2. The highest BCUT2D eigenvalue weighted by Crippen LogP contribution is 2.24. The SMILES string of the molecule is Cc1ccc(C(=O)Nc2c(C)cccc2N)s1. The molecule has 0 atom stereocenters. The second-order valence-electron chi connectivity index (χ2n) is 3.90. The van der Waals surface area contributed by atoms with Crippen molar-refractivity contribution < 1.29 is 4.79 Å². The molecule has 17 heavy (non-hydrogen) atoms. The molecule has 0 fully saturated rings. The van der Waals surface area contributed by atoms with Crippen LogP contribution in [0.4, 0.5) is 11.4 Å². The van der Waals surface area contributed by atoms with Gasteiger partial charge >= 0.3 is 0 Å². The van der Waals surface area contributed by atoms with Crippen molar-refractivity contribution in [3.63, 3.8) is 0 Å². The van der Waals surface area contributed by atoms with E-state index in [-0.39, 0.29) is 5.91 Å². The fraction of sp³-hybridized carbons (Fsp3) is 0.154. The third kappa shape index (κ3) is 2.47. The van der Waals surface area contributed by atoms with Gasteiger partial charge in [0, 0.05) is 4.88 Å². The van der Waals surface area contributed by atoms with Crippen molar-refractivity contribution in [2.45, 2.75) is 13.8 Å². The topological polar surface area (TPSA) is 55.1 Å². The first-order chi connectivity index (χ1) is 8.08. The van der Waals surface area contributed by atoms with Crippen LogP contribution in [0.5, 0.6) is 0 Å². The summed E-state index contributed by atoms with van der Waals surface area (Å²) >= 11 is 1.47.